The van der Waals surface area contributed by atoms with Gasteiger partial charge in [-0.1, -0.05) is 0 Å². The van der Waals surface area contributed by atoms with E-state index in [4.69, 9.17) is 4.74 Å². The van der Waals surface area contributed by atoms with E-state index in [1.807, 2.05) is 11.8 Å². The van der Waals surface area contributed by atoms with E-state index in [2.05, 4.69) is 0 Å². The molecule has 0 saturated carbocycles. The summed E-state index contributed by atoms with van der Waals surface area (Å²) in [4.78, 5) is 11.1. The zero-order chi connectivity index (χ0) is 7.73. The highest BCUT2D eigenvalue weighted by Gasteiger charge is 2.39. The molecule has 62 valence electrons. The zero-order valence-corrected chi connectivity index (χ0v) is 7.28. The number of hydrogen-bond acceptors (Lipinski definition) is 3. The Morgan fingerprint density at radius 3 is 3.09 bits per heavy atom. The van der Waals surface area contributed by atoms with Crippen LogP contribution in [0.2, 0.25) is 0 Å². The largest absolute Gasteiger partial charge is 0.373 e. The van der Waals surface area contributed by atoms with Crippen LogP contribution in [0.25, 0.3) is 0 Å². The molecule has 0 amide bonds. The maximum atomic E-state index is 11.1. The first kappa shape index (κ1) is 7.62. The monoisotopic (exact) mass is 172 g/mol. The summed E-state index contributed by atoms with van der Waals surface area (Å²) in [7, 11) is 0. The predicted molar refractivity (Wildman–Crippen MR) is 44.9 cm³/mol. The van der Waals surface area contributed by atoms with Gasteiger partial charge in [-0.15, -0.1) is 0 Å². The maximum absolute atomic E-state index is 11.1. The molecule has 0 aromatic carbocycles. The Hall–Kier alpha value is -0.0200. The first-order chi connectivity index (χ1) is 5.31. The first-order valence-electron chi connectivity index (χ1n) is 4.04. The zero-order valence-electron chi connectivity index (χ0n) is 6.47. The highest BCUT2D eigenvalue weighted by molar-refractivity contribution is 7.99. The van der Waals surface area contributed by atoms with Crippen LogP contribution in [-0.4, -0.2) is 29.5 Å². The van der Waals surface area contributed by atoms with E-state index >= 15 is 0 Å². The minimum absolute atomic E-state index is 0.0417. The lowest BCUT2D eigenvalue weighted by Gasteiger charge is -2.31. The Labute approximate surface area is 70.7 Å². The van der Waals surface area contributed by atoms with Gasteiger partial charge in [0.1, 0.15) is 5.78 Å². The molecule has 2 aliphatic rings. The van der Waals surface area contributed by atoms with Crippen molar-refractivity contribution in [3.63, 3.8) is 0 Å². The fraction of sp³-hybridized carbons (Fsp3) is 0.875. The van der Waals surface area contributed by atoms with Gasteiger partial charge in [-0.3, -0.25) is 4.79 Å². The van der Waals surface area contributed by atoms with Crippen molar-refractivity contribution < 1.29 is 9.53 Å². The molecule has 0 aromatic heterocycles. The van der Waals surface area contributed by atoms with Gasteiger partial charge in [-0.25, -0.2) is 0 Å². The van der Waals surface area contributed by atoms with Gasteiger partial charge in [0.05, 0.1) is 12.2 Å². The van der Waals surface area contributed by atoms with Gasteiger partial charge in [-0.2, -0.15) is 11.8 Å². The Balaban J connectivity index is 2.05. The molecule has 2 aliphatic heterocycles. The van der Waals surface area contributed by atoms with Gasteiger partial charge in [-0.05, 0) is 12.2 Å². The second kappa shape index (κ2) is 2.79. The molecule has 0 aliphatic carbocycles. The van der Waals surface area contributed by atoms with Crippen molar-refractivity contribution in [2.75, 3.05) is 18.1 Å². The van der Waals surface area contributed by atoms with Crippen LogP contribution in [0.15, 0.2) is 0 Å². The molecule has 1 atom stereocenters. The SMILES string of the molecule is O=C1CCOC2(CCSC2)C1. The van der Waals surface area contributed by atoms with Gasteiger partial charge >= 0.3 is 0 Å². The van der Waals surface area contributed by atoms with Crippen LogP contribution in [0.3, 0.4) is 0 Å². The lowest BCUT2D eigenvalue weighted by atomic mass is 9.93. The summed E-state index contributed by atoms with van der Waals surface area (Å²) in [5, 5.41) is 0. The van der Waals surface area contributed by atoms with E-state index in [-0.39, 0.29) is 5.60 Å². The molecule has 1 spiro atoms. The van der Waals surface area contributed by atoms with E-state index in [1.54, 1.807) is 0 Å². The van der Waals surface area contributed by atoms with Crippen molar-refractivity contribution in [2.45, 2.75) is 24.9 Å². The Bertz CT molecular complexity index is 173. The molecule has 2 rings (SSSR count). The second-order valence-electron chi connectivity index (χ2n) is 3.30. The van der Waals surface area contributed by atoms with Crippen LogP contribution in [0, 0.1) is 0 Å². The van der Waals surface area contributed by atoms with Gasteiger partial charge < -0.3 is 4.74 Å². The summed E-state index contributed by atoms with van der Waals surface area (Å²) in [6.07, 6.45) is 2.37. The molecule has 11 heavy (non-hydrogen) atoms. The fourth-order valence-corrected chi connectivity index (χ4v) is 3.08. The third-order valence-corrected chi connectivity index (χ3v) is 3.60. The fourth-order valence-electron chi connectivity index (χ4n) is 1.72. The smallest absolute Gasteiger partial charge is 0.138 e. The molecule has 0 aromatic rings. The standard InChI is InChI=1S/C8H12O2S/c9-7-1-3-10-8(5-7)2-4-11-6-8/h1-6H2. The summed E-state index contributed by atoms with van der Waals surface area (Å²) >= 11 is 1.90. The Morgan fingerprint density at radius 1 is 1.55 bits per heavy atom. The normalized spacial score (nSPS) is 38.4. The number of hydrogen-bond donors (Lipinski definition) is 0. The molecule has 3 heteroatoms. The second-order valence-corrected chi connectivity index (χ2v) is 4.40. The highest BCUT2D eigenvalue weighted by atomic mass is 32.2. The van der Waals surface area contributed by atoms with E-state index < -0.39 is 0 Å². The lowest BCUT2D eigenvalue weighted by Crippen LogP contribution is -2.39. The molecule has 2 nitrogen and oxygen atoms in total. The molecule has 2 heterocycles. The van der Waals surface area contributed by atoms with Crippen LogP contribution < -0.4 is 0 Å². The lowest BCUT2D eigenvalue weighted by molar-refractivity contribution is -0.136. The summed E-state index contributed by atoms with van der Waals surface area (Å²) in [5.41, 5.74) is -0.0417. The Kier molecular flexibility index (Phi) is 1.93. The number of thioether (sulfide) groups is 1. The van der Waals surface area contributed by atoms with Gasteiger partial charge in [0.15, 0.2) is 0 Å². The van der Waals surface area contributed by atoms with Crippen LogP contribution in [0.1, 0.15) is 19.3 Å². The van der Waals surface area contributed by atoms with Crippen LogP contribution in [-0.2, 0) is 9.53 Å². The quantitative estimate of drug-likeness (QED) is 0.550. The Morgan fingerprint density at radius 2 is 2.45 bits per heavy atom. The van der Waals surface area contributed by atoms with Crippen LogP contribution in [0.4, 0.5) is 0 Å². The third kappa shape index (κ3) is 1.44. The number of ketones is 1. The number of rotatable bonds is 0. The molecular formula is C8H12O2S. The average Bonchev–Trinajstić information content (AvgIpc) is 2.37. The predicted octanol–water partition coefficient (Wildman–Crippen LogP) is 1.24. The molecule has 0 radical (unpaired) electrons. The van der Waals surface area contributed by atoms with E-state index in [9.17, 15) is 4.79 Å². The van der Waals surface area contributed by atoms with E-state index in [0.717, 1.165) is 17.9 Å². The first-order valence-corrected chi connectivity index (χ1v) is 5.20. The van der Waals surface area contributed by atoms with Crippen LogP contribution in [0.5, 0.6) is 0 Å². The molecule has 2 saturated heterocycles. The van der Waals surface area contributed by atoms with Crippen molar-refractivity contribution in [1.82, 2.24) is 0 Å². The summed E-state index contributed by atoms with van der Waals surface area (Å²) in [6, 6.07) is 0. The van der Waals surface area contributed by atoms with Crippen molar-refractivity contribution in [2.24, 2.45) is 0 Å². The van der Waals surface area contributed by atoms with Crippen molar-refractivity contribution in [1.29, 1.82) is 0 Å². The average molecular weight is 172 g/mol. The third-order valence-electron chi connectivity index (χ3n) is 2.38. The molecule has 0 N–H and O–H groups in total. The van der Waals surface area contributed by atoms with Gasteiger partial charge in [0.2, 0.25) is 0 Å². The van der Waals surface area contributed by atoms with Crippen molar-refractivity contribution >= 4 is 17.5 Å². The minimum Gasteiger partial charge on any atom is -0.373 e. The maximum Gasteiger partial charge on any atom is 0.138 e. The van der Waals surface area contributed by atoms with Crippen molar-refractivity contribution in [3.8, 4) is 0 Å². The van der Waals surface area contributed by atoms with Crippen LogP contribution >= 0.6 is 11.8 Å². The van der Waals surface area contributed by atoms with E-state index in [0.29, 0.717) is 25.2 Å². The highest BCUT2D eigenvalue weighted by Crippen LogP contribution is 2.36. The summed E-state index contributed by atoms with van der Waals surface area (Å²) < 4.78 is 5.66. The van der Waals surface area contributed by atoms with E-state index in [1.165, 1.54) is 0 Å². The summed E-state index contributed by atoms with van der Waals surface area (Å²) in [6.45, 7) is 0.652. The topological polar surface area (TPSA) is 26.3 Å². The molecular weight excluding hydrogens is 160 g/mol. The molecule has 2 fully saturated rings. The summed E-state index contributed by atoms with van der Waals surface area (Å²) in [5.74, 6) is 2.57. The number of ether oxygens (including phenoxy) is 1. The van der Waals surface area contributed by atoms with Gasteiger partial charge in [0, 0.05) is 18.6 Å². The molecule has 1 unspecified atom stereocenters. The van der Waals surface area contributed by atoms with Crippen molar-refractivity contribution in [3.05, 3.63) is 0 Å². The molecule has 0 bridgehead atoms. The number of carbonyl (C=O) groups is 1. The van der Waals surface area contributed by atoms with Gasteiger partial charge in [0.25, 0.3) is 0 Å². The minimum atomic E-state index is -0.0417. The number of Topliss-reactive ketones (excluding diaryl/α,β-unsaturated/α-hetero) is 1. The number of carbonyl (C=O) groups excluding carboxylic acids is 1.